The molecule has 0 nitrogen and oxygen atoms in total. The van der Waals surface area contributed by atoms with E-state index >= 15 is 0 Å². The van der Waals surface area contributed by atoms with Gasteiger partial charge in [-0.3, -0.25) is 0 Å². The summed E-state index contributed by atoms with van der Waals surface area (Å²) >= 11 is 0. The molecule has 0 aromatic heterocycles. The SMILES string of the molecule is CC(P)c1c#cccc1. The highest BCUT2D eigenvalue weighted by atomic mass is 31.0. The summed E-state index contributed by atoms with van der Waals surface area (Å²) in [5.41, 5.74) is 1.69. The van der Waals surface area contributed by atoms with E-state index in [0.717, 1.165) is 0 Å². The minimum atomic E-state index is 0.488. The lowest BCUT2D eigenvalue weighted by Crippen LogP contribution is -1.77. The Balaban J connectivity index is 2.85. The minimum Gasteiger partial charge on any atom is -0.129 e. The second-order valence-corrected chi connectivity index (χ2v) is 3.04. The van der Waals surface area contributed by atoms with Crippen molar-refractivity contribution in [1.29, 1.82) is 0 Å². The van der Waals surface area contributed by atoms with E-state index in [1.54, 1.807) is 0 Å². The first-order chi connectivity index (χ1) is 4.30. The predicted octanol–water partition coefficient (Wildman–Crippen LogP) is 2.22. The van der Waals surface area contributed by atoms with Gasteiger partial charge in [-0.2, -0.15) is 0 Å². The molecule has 0 radical (unpaired) electrons. The van der Waals surface area contributed by atoms with E-state index in [2.05, 4.69) is 28.3 Å². The second-order valence-electron chi connectivity index (χ2n) is 2.04. The molecule has 1 aromatic rings. The molecule has 46 valence electrons. The molecule has 0 heterocycles. The fraction of sp³-hybridized carbons (Fsp3) is 0.250. The van der Waals surface area contributed by atoms with Crippen LogP contribution in [0.2, 0.25) is 0 Å². The van der Waals surface area contributed by atoms with Gasteiger partial charge < -0.3 is 0 Å². The molecule has 0 amide bonds. The first kappa shape index (κ1) is 6.59. The van der Waals surface area contributed by atoms with Crippen LogP contribution in [0.1, 0.15) is 18.1 Å². The fourth-order valence-corrected chi connectivity index (χ4v) is 0.827. The third-order valence-corrected chi connectivity index (χ3v) is 1.52. The Morgan fingerprint density at radius 2 is 2.44 bits per heavy atom. The Bertz CT molecular complexity index is 167. The number of rotatable bonds is 1. The van der Waals surface area contributed by atoms with Gasteiger partial charge in [0, 0.05) is 11.2 Å². The Hall–Kier alpha value is -0.530. The van der Waals surface area contributed by atoms with Gasteiger partial charge in [0.05, 0.1) is 0 Å². The molecule has 0 bridgehead atoms. The van der Waals surface area contributed by atoms with Crippen molar-refractivity contribution >= 4 is 9.24 Å². The van der Waals surface area contributed by atoms with Crippen molar-refractivity contribution in [3.8, 4) is 0 Å². The largest absolute Gasteiger partial charge is 0.129 e. The van der Waals surface area contributed by atoms with Crippen LogP contribution in [0.15, 0.2) is 18.2 Å². The van der Waals surface area contributed by atoms with Crippen LogP contribution in [0, 0.1) is 12.1 Å². The zero-order chi connectivity index (χ0) is 6.69. The molecule has 2 unspecified atom stereocenters. The monoisotopic (exact) mass is 136 g/mol. The van der Waals surface area contributed by atoms with Crippen LogP contribution in [-0.4, -0.2) is 0 Å². The van der Waals surface area contributed by atoms with Crippen LogP contribution in [-0.2, 0) is 0 Å². The smallest absolute Gasteiger partial charge is 0.00900 e. The van der Waals surface area contributed by atoms with Crippen molar-refractivity contribution < 1.29 is 0 Å². The van der Waals surface area contributed by atoms with E-state index < -0.39 is 0 Å². The minimum absolute atomic E-state index is 0.488. The lowest BCUT2D eigenvalue weighted by atomic mass is 10.2. The molecular weight excluding hydrogens is 127 g/mol. The van der Waals surface area contributed by atoms with Gasteiger partial charge in [0.15, 0.2) is 0 Å². The second kappa shape index (κ2) is 2.85. The molecule has 0 saturated heterocycles. The summed E-state index contributed by atoms with van der Waals surface area (Å²) in [5.74, 6) is 0. The van der Waals surface area contributed by atoms with E-state index in [4.69, 9.17) is 0 Å². The van der Waals surface area contributed by atoms with Gasteiger partial charge >= 0.3 is 0 Å². The van der Waals surface area contributed by atoms with Gasteiger partial charge in [-0.25, -0.2) is 0 Å². The Labute approximate surface area is 58.5 Å². The van der Waals surface area contributed by atoms with Crippen molar-refractivity contribution in [3.05, 3.63) is 35.9 Å². The van der Waals surface area contributed by atoms with Crippen LogP contribution >= 0.6 is 9.24 Å². The molecule has 1 rings (SSSR count). The highest BCUT2D eigenvalue weighted by Crippen LogP contribution is 2.18. The predicted molar refractivity (Wildman–Crippen MR) is 42.2 cm³/mol. The molecule has 0 aliphatic heterocycles. The Morgan fingerprint density at radius 3 is 2.78 bits per heavy atom. The zero-order valence-electron chi connectivity index (χ0n) is 5.39. The first-order valence-corrected chi connectivity index (χ1v) is 3.61. The van der Waals surface area contributed by atoms with Crippen molar-refractivity contribution in [3.63, 3.8) is 0 Å². The summed E-state index contributed by atoms with van der Waals surface area (Å²) in [6.45, 7) is 2.12. The highest BCUT2D eigenvalue weighted by molar-refractivity contribution is 7.17. The summed E-state index contributed by atoms with van der Waals surface area (Å²) in [6, 6.07) is 11.8. The topological polar surface area (TPSA) is 0 Å². The summed E-state index contributed by atoms with van der Waals surface area (Å²) in [4.78, 5) is 0. The maximum atomic E-state index is 3.02. The van der Waals surface area contributed by atoms with E-state index in [0.29, 0.717) is 5.66 Å². The third kappa shape index (κ3) is 1.70. The van der Waals surface area contributed by atoms with Gasteiger partial charge in [-0.05, 0) is 12.1 Å². The first-order valence-electron chi connectivity index (χ1n) is 2.94. The van der Waals surface area contributed by atoms with Gasteiger partial charge in [0.25, 0.3) is 0 Å². The van der Waals surface area contributed by atoms with Gasteiger partial charge in [0.2, 0.25) is 0 Å². The highest BCUT2D eigenvalue weighted by Gasteiger charge is 1.93. The normalized spacial score (nSPS) is 12.2. The maximum Gasteiger partial charge on any atom is 0.00900 e. The van der Waals surface area contributed by atoms with Gasteiger partial charge in [-0.1, -0.05) is 25.1 Å². The molecule has 0 fully saturated rings. The van der Waals surface area contributed by atoms with Crippen LogP contribution in [0.25, 0.3) is 0 Å². The fourth-order valence-electron chi connectivity index (χ4n) is 0.632. The van der Waals surface area contributed by atoms with Gasteiger partial charge in [-0.15, -0.1) is 9.24 Å². The zero-order valence-corrected chi connectivity index (χ0v) is 6.54. The maximum absolute atomic E-state index is 3.02. The van der Waals surface area contributed by atoms with Crippen molar-refractivity contribution in [2.24, 2.45) is 0 Å². The number of hydrogen-bond donors (Lipinski definition) is 0. The Morgan fingerprint density at radius 1 is 1.67 bits per heavy atom. The van der Waals surface area contributed by atoms with Crippen LogP contribution < -0.4 is 0 Å². The average Bonchev–Trinajstić information content (AvgIpc) is 1.90. The molecule has 0 spiro atoms. The number of hydrogen-bond acceptors (Lipinski definition) is 0. The summed E-state index contributed by atoms with van der Waals surface area (Å²) in [5, 5.41) is 0. The van der Waals surface area contributed by atoms with E-state index in [9.17, 15) is 0 Å². The molecule has 1 heteroatoms. The quantitative estimate of drug-likeness (QED) is 0.519. The average molecular weight is 136 g/mol. The van der Waals surface area contributed by atoms with Crippen molar-refractivity contribution in [2.45, 2.75) is 12.6 Å². The molecule has 2 atom stereocenters. The molecule has 0 aliphatic rings. The van der Waals surface area contributed by atoms with Crippen molar-refractivity contribution in [1.82, 2.24) is 0 Å². The Kier molecular flexibility index (Phi) is 2.09. The van der Waals surface area contributed by atoms with E-state index in [1.165, 1.54) is 5.56 Å². The third-order valence-electron chi connectivity index (χ3n) is 1.16. The molecule has 1 aromatic carbocycles. The molecule has 9 heavy (non-hydrogen) atoms. The van der Waals surface area contributed by atoms with Crippen molar-refractivity contribution in [2.75, 3.05) is 0 Å². The standard InChI is InChI=1S/C8H9P/c1-7(9)8-5-3-2-4-6-8/h2-3,5,7H,9H2,1H3. The summed E-state index contributed by atoms with van der Waals surface area (Å²) in [6.07, 6.45) is 0. The molecule has 0 N–H and O–H groups in total. The molecule has 0 aliphatic carbocycles. The van der Waals surface area contributed by atoms with Gasteiger partial charge in [0.1, 0.15) is 0 Å². The lowest BCUT2D eigenvalue weighted by molar-refractivity contribution is 1.11. The van der Waals surface area contributed by atoms with Crippen LogP contribution in [0.4, 0.5) is 0 Å². The summed E-state index contributed by atoms with van der Waals surface area (Å²) < 4.78 is 0. The molecule has 0 saturated carbocycles. The van der Waals surface area contributed by atoms with E-state index in [-0.39, 0.29) is 0 Å². The molecular formula is C8H9P. The summed E-state index contributed by atoms with van der Waals surface area (Å²) in [7, 11) is 2.72. The van der Waals surface area contributed by atoms with Crippen LogP contribution in [0.5, 0.6) is 0 Å². The van der Waals surface area contributed by atoms with E-state index in [1.807, 2.05) is 18.2 Å². The van der Waals surface area contributed by atoms with Crippen LogP contribution in [0.3, 0.4) is 0 Å². The lowest BCUT2D eigenvalue weighted by Gasteiger charge is -1.97.